The van der Waals surface area contributed by atoms with Crippen LogP contribution >= 0.6 is 0 Å². The Labute approximate surface area is 176 Å². The molecule has 0 aromatic heterocycles. The number of carboxylic acids is 1. The normalized spacial score (nSPS) is 57.9. The van der Waals surface area contributed by atoms with Gasteiger partial charge < -0.3 is 10.2 Å². The molecular weight excluding hydrogens is 352 g/mol. The Bertz CT molecular complexity index is 845. The summed E-state index contributed by atoms with van der Waals surface area (Å²) in [6, 6.07) is 0. The fraction of sp³-hybridized carbons (Fsp3) is 0.917. The summed E-state index contributed by atoms with van der Waals surface area (Å²) in [5, 5.41) is 19.7. The Balaban J connectivity index is 1.67. The minimum absolute atomic E-state index is 0.000578. The molecule has 158 valence electrons. The topological polar surface area (TPSA) is 74.6 Å². The predicted octanol–water partition coefficient (Wildman–Crippen LogP) is 4.69. The molecule has 0 aromatic carbocycles. The number of aliphatic carboxylic acids is 1. The first-order valence-electron chi connectivity index (χ1n) is 13.5. The van der Waals surface area contributed by atoms with Crippen LogP contribution < -0.4 is 0 Å². The fourth-order valence-electron chi connectivity index (χ4n) is 7.65. The maximum absolute atomic E-state index is 13.6. The summed E-state index contributed by atoms with van der Waals surface area (Å²) in [5.74, 6) is -1.40. The molecule has 0 radical (unpaired) electrons. The summed E-state index contributed by atoms with van der Waals surface area (Å²) in [4.78, 5) is 24.7. The second-order valence-electron chi connectivity index (χ2n) is 10.5. The zero-order valence-electron chi connectivity index (χ0n) is 22.3. The minimum atomic E-state index is -2.90. The van der Waals surface area contributed by atoms with Crippen molar-refractivity contribution in [1.29, 1.82) is 0 Å². The van der Waals surface area contributed by atoms with Gasteiger partial charge in [0.1, 0.15) is 5.78 Å². The van der Waals surface area contributed by atoms with Crippen LogP contribution in [0, 0.1) is 46.3 Å². The number of carbonyl (C=O) groups is 2. The van der Waals surface area contributed by atoms with Gasteiger partial charge in [0, 0.05) is 24.2 Å². The van der Waals surface area contributed by atoms with Gasteiger partial charge in [0.15, 0.2) is 0 Å². The molecule has 4 aliphatic rings. The van der Waals surface area contributed by atoms with Crippen molar-refractivity contribution in [2.45, 2.75) is 91.0 Å². The van der Waals surface area contributed by atoms with E-state index in [0.29, 0.717) is 18.8 Å². The van der Waals surface area contributed by atoms with E-state index >= 15 is 0 Å². The van der Waals surface area contributed by atoms with Gasteiger partial charge >= 0.3 is 5.97 Å². The Hall–Kier alpha value is -0.900. The molecule has 0 bridgehead atoms. The van der Waals surface area contributed by atoms with Crippen molar-refractivity contribution in [1.82, 2.24) is 0 Å². The highest BCUT2D eigenvalue weighted by molar-refractivity contribution is 5.83. The monoisotopic (exact) mass is 395 g/mol. The van der Waals surface area contributed by atoms with Crippen molar-refractivity contribution in [3.05, 3.63) is 0 Å². The van der Waals surface area contributed by atoms with Gasteiger partial charge in [0.2, 0.25) is 0 Å². The van der Waals surface area contributed by atoms with Gasteiger partial charge in [-0.2, -0.15) is 0 Å². The molecule has 4 fully saturated rings. The summed E-state index contributed by atoms with van der Waals surface area (Å²) in [5.41, 5.74) is -0.895. The quantitative estimate of drug-likeness (QED) is 0.724. The van der Waals surface area contributed by atoms with Gasteiger partial charge in [-0.25, -0.2) is 0 Å². The first kappa shape index (κ1) is 15.0. The Morgan fingerprint density at radius 1 is 1.25 bits per heavy atom. The van der Waals surface area contributed by atoms with Gasteiger partial charge in [0.25, 0.3) is 0 Å². The van der Waals surface area contributed by atoms with Crippen molar-refractivity contribution in [3.8, 4) is 0 Å². The van der Waals surface area contributed by atoms with Crippen molar-refractivity contribution < 1.29 is 26.7 Å². The highest BCUT2D eigenvalue weighted by atomic mass is 16.4. The third-order valence-corrected chi connectivity index (χ3v) is 9.21. The number of carbonyl (C=O) groups excluding carboxylic acids is 1. The summed E-state index contributed by atoms with van der Waals surface area (Å²) in [6.45, 7) is 6.25. The molecule has 4 rings (SSSR count). The van der Waals surface area contributed by atoms with Crippen LogP contribution in [-0.4, -0.2) is 28.0 Å². The predicted molar refractivity (Wildman–Crippen MR) is 108 cm³/mol. The fourth-order valence-corrected chi connectivity index (χ4v) is 7.65. The SMILES string of the molecule is [2H]C1([2H])C[C@@]2(C)[C@H](CC(=O)[C@@H]3[C@@H]2CC[C@]2(C)[C@@H]([C@H](C)CCC(=O)O)CC[C@@H]32)C([2H])([2H])[C@]1([2H])O. The Morgan fingerprint density at radius 3 is 2.68 bits per heavy atom. The number of hydrogen-bond acceptors (Lipinski definition) is 3. The van der Waals surface area contributed by atoms with E-state index in [1.807, 2.05) is 6.92 Å². The summed E-state index contributed by atoms with van der Waals surface area (Å²) in [6.07, 6.45) is -3.90. The lowest BCUT2D eigenvalue weighted by Gasteiger charge is -2.60. The third-order valence-electron chi connectivity index (χ3n) is 9.21. The zero-order valence-corrected chi connectivity index (χ0v) is 17.3. The van der Waals surface area contributed by atoms with Crippen LogP contribution in [0.3, 0.4) is 0 Å². The summed E-state index contributed by atoms with van der Waals surface area (Å²) < 4.78 is 42.1. The molecule has 0 aliphatic heterocycles. The third kappa shape index (κ3) is 3.05. The molecule has 0 saturated heterocycles. The molecule has 4 nitrogen and oxygen atoms in total. The molecule has 4 aliphatic carbocycles. The number of Topliss-reactive ketones (excluding diaryl/α,β-unsaturated/α-hetero) is 1. The first-order chi connectivity index (χ1) is 15.0. The number of rotatable bonds is 4. The van der Waals surface area contributed by atoms with E-state index in [-0.39, 0.29) is 54.1 Å². The molecule has 0 unspecified atom stereocenters. The molecule has 0 amide bonds. The maximum atomic E-state index is 13.6. The van der Waals surface area contributed by atoms with Crippen LogP contribution in [0.4, 0.5) is 0 Å². The molecular formula is C24H38O4. The molecule has 28 heavy (non-hydrogen) atoms. The number of fused-ring (bicyclic) bond motifs is 5. The second-order valence-corrected chi connectivity index (χ2v) is 10.5. The lowest BCUT2D eigenvalue weighted by atomic mass is 9.44. The van der Waals surface area contributed by atoms with Gasteiger partial charge in [0.05, 0.1) is 7.45 Å². The van der Waals surface area contributed by atoms with Gasteiger partial charge in [-0.1, -0.05) is 20.8 Å². The molecule has 0 spiro atoms. The van der Waals surface area contributed by atoms with Crippen LogP contribution in [0.25, 0.3) is 0 Å². The summed E-state index contributed by atoms with van der Waals surface area (Å²) in [7, 11) is 0. The van der Waals surface area contributed by atoms with Crippen molar-refractivity contribution >= 4 is 11.8 Å². The lowest BCUT2D eigenvalue weighted by Crippen LogP contribution is -2.57. The highest BCUT2D eigenvalue weighted by Crippen LogP contribution is 2.67. The first-order valence-corrected chi connectivity index (χ1v) is 11.0. The molecule has 2 N–H and O–H groups in total. The van der Waals surface area contributed by atoms with Crippen LogP contribution in [0.15, 0.2) is 0 Å². The zero-order chi connectivity index (χ0) is 24.8. The molecule has 9 atom stereocenters. The van der Waals surface area contributed by atoms with Crippen molar-refractivity contribution in [2.75, 3.05) is 0 Å². The van der Waals surface area contributed by atoms with Gasteiger partial charge in [-0.3, -0.25) is 9.59 Å². The van der Waals surface area contributed by atoms with Crippen LogP contribution in [0.1, 0.15) is 91.7 Å². The van der Waals surface area contributed by atoms with Crippen molar-refractivity contribution in [3.63, 3.8) is 0 Å². The van der Waals surface area contributed by atoms with E-state index in [9.17, 15) is 14.7 Å². The minimum Gasteiger partial charge on any atom is -0.481 e. The van der Waals surface area contributed by atoms with Gasteiger partial charge in [-0.15, -0.1) is 0 Å². The molecule has 0 aromatic rings. The van der Waals surface area contributed by atoms with Crippen LogP contribution in [0.2, 0.25) is 0 Å². The van der Waals surface area contributed by atoms with Crippen molar-refractivity contribution in [2.24, 2.45) is 46.3 Å². The standard InChI is InChI=1S/C24H38O4/c1-14(4-7-21(27)28)17-5-6-18-22-19(9-11-24(17,18)3)23(2)10-8-16(25)12-15(23)13-20(22)26/h14-19,22,25H,4-13H2,1-3H3,(H,27,28)/t14-,15+,16-,17-,18+,19+,22+,23+,24-/m1/s1/i8D2,12D2,16D. The number of carboxylic acid groups (broad SMARTS) is 1. The number of hydrogen-bond donors (Lipinski definition) is 2. The highest BCUT2D eigenvalue weighted by Gasteiger charge is 2.62. The van der Waals surface area contributed by atoms with Crippen LogP contribution in [-0.2, 0) is 9.59 Å². The molecule has 4 saturated carbocycles. The molecule has 0 heterocycles. The van der Waals surface area contributed by atoms with E-state index in [4.69, 9.17) is 12.0 Å². The van der Waals surface area contributed by atoms with Crippen LogP contribution in [0.5, 0.6) is 0 Å². The van der Waals surface area contributed by atoms with E-state index in [0.717, 1.165) is 19.3 Å². The van der Waals surface area contributed by atoms with E-state index in [1.165, 1.54) is 0 Å². The van der Waals surface area contributed by atoms with E-state index in [2.05, 4.69) is 13.8 Å². The summed E-state index contributed by atoms with van der Waals surface area (Å²) >= 11 is 0. The Morgan fingerprint density at radius 2 is 1.96 bits per heavy atom. The average Bonchev–Trinajstić information content (AvgIpc) is 3.04. The largest absolute Gasteiger partial charge is 0.481 e. The maximum Gasteiger partial charge on any atom is 0.303 e. The smallest absolute Gasteiger partial charge is 0.303 e. The van der Waals surface area contributed by atoms with E-state index < -0.39 is 36.1 Å². The van der Waals surface area contributed by atoms with Gasteiger partial charge in [-0.05, 0) is 91.7 Å². The average molecular weight is 396 g/mol. The number of ketones is 1. The second kappa shape index (κ2) is 7.11. The van der Waals surface area contributed by atoms with E-state index in [1.54, 1.807) is 0 Å². The lowest BCUT2D eigenvalue weighted by molar-refractivity contribution is -0.160. The molecule has 4 heteroatoms. The number of aliphatic hydroxyl groups is 1. The Kier molecular flexibility index (Phi) is 3.80.